The molecule has 0 heterocycles. The van der Waals surface area contributed by atoms with Crippen molar-refractivity contribution in [2.45, 2.75) is 38.0 Å². The fourth-order valence-electron chi connectivity index (χ4n) is 1.89. The summed E-state index contributed by atoms with van der Waals surface area (Å²) in [5.74, 6) is -0.923. The van der Waals surface area contributed by atoms with Crippen LogP contribution in [0, 0.1) is 0 Å². The van der Waals surface area contributed by atoms with Crippen molar-refractivity contribution >= 4 is 21.7 Å². The van der Waals surface area contributed by atoms with Gasteiger partial charge in [0.25, 0.3) is 0 Å². The minimum atomic E-state index is -4.87. The Kier molecular flexibility index (Phi) is 6.46. The van der Waals surface area contributed by atoms with Gasteiger partial charge in [0, 0.05) is 17.3 Å². The molecule has 1 nitrogen and oxygen atoms in total. The van der Waals surface area contributed by atoms with E-state index >= 15 is 0 Å². The molecule has 0 fully saturated rings. The molecule has 0 amide bonds. The Labute approximate surface area is 131 Å². The Morgan fingerprint density at radius 2 is 1.59 bits per heavy atom. The molecule has 0 unspecified atom stereocenters. The van der Waals surface area contributed by atoms with Crippen molar-refractivity contribution < 1.29 is 31.1 Å². The van der Waals surface area contributed by atoms with Crippen LogP contribution in [0.5, 0.6) is 0 Å². The number of halogens is 7. The first-order valence-electron chi connectivity index (χ1n) is 6.45. The van der Waals surface area contributed by atoms with Crippen LogP contribution in [0.3, 0.4) is 0 Å². The number of unbranched alkanes of at least 4 members (excludes halogenated alkanes) is 2. The van der Waals surface area contributed by atoms with Gasteiger partial charge in [-0.2, -0.15) is 26.3 Å². The average molecular weight is 391 g/mol. The molecule has 0 aliphatic rings. The molecule has 1 aromatic carbocycles. The predicted octanol–water partition coefficient (Wildman–Crippen LogP) is 5.86. The number of benzene rings is 1. The van der Waals surface area contributed by atoms with Crippen LogP contribution in [0.2, 0.25) is 0 Å². The van der Waals surface area contributed by atoms with Gasteiger partial charge in [0.2, 0.25) is 0 Å². The van der Waals surface area contributed by atoms with E-state index in [1.807, 2.05) is 0 Å². The highest BCUT2D eigenvalue weighted by Crippen LogP contribution is 2.37. The SMILES string of the molecule is O=C(CCCCCBr)c1cc(C(F)(F)F)ccc1C(F)(F)F. The number of rotatable bonds is 6. The smallest absolute Gasteiger partial charge is 0.294 e. The third-order valence-electron chi connectivity index (χ3n) is 2.99. The molecule has 0 atom stereocenters. The summed E-state index contributed by atoms with van der Waals surface area (Å²) in [7, 11) is 0. The molecule has 0 saturated carbocycles. The lowest BCUT2D eigenvalue weighted by Gasteiger charge is -2.15. The molecule has 0 aromatic heterocycles. The van der Waals surface area contributed by atoms with Crippen molar-refractivity contribution in [3.05, 3.63) is 34.9 Å². The van der Waals surface area contributed by atoms with Gasteiger partial charge in [-0.15, -0.1) is 0 Å². The zero-order valence-electron chi connectivity index (χ0n) is 11.3. The molecule has 0 aliphatic carbocycles. The van der Waals surface area contributed by atoms with E-state index in [-0.39, 0.29) is 12.5 Å². The third kappa shape index (κ3) is 5.30. The van der Waals surface area contributed by atoms with Crippen LogP contribution in [0.1, 0.15) is 47.2 Å². The molecule has 0 spiro atoms. The van der Waals surface area contributed by atoms with E-state index in [4.69, 9.17) is 0 Å². The number of carbonyl (C=O) groups is 1. The number of ketones is 1. The molecule has 22 heavy (non-hydrogen) atoms. The lowest BCUT2D eigenvalue weighted by molar-refractivity contribution is -0.141. The third-order valence-corrected chi connectivity index (χ3v) is 3.55. The summed E-state index contributed by atoms with van der Waals surface area (Å²) >= 11 is 3.17. The molecule has 0 bridgehead atoms. The first-order chi connectivity index (χ1) is 10.1. The van der Waals surface area contributed by atoms with Gasteiger partial charge in [-0.25, -0.2) is 0 Å². The summed E-state index contributed by atoms with van der Waals surface area (Å²) in [6, 6.07) is 0.939. The Morgan fingerprint density at radius 1 is 0.955 bits per heavy atom. The minimum Gasteiger partial charge on any atom is -0.294 e. The van der Waals surface area contributed by atoms with Gasteiger partial charge in [0.15, 0.2) is 5.78 Å². The van der Waals surface area contributed by atoms with Crippen LogP contribution in [0.25, 0.3) is 0 Å². The lowest BCUT2D eigenvalue weighted by atomic mass is 9.96. The van der Waals surface area contributed by atoms with Crippen molar-refractivity contribution in [2.24, 2.45) is 0 Å². The Hall–Kier alpha value is -1.05. The number of Topliss-reactive ketones (excluding diaryl/α,β-unsaturated/α-hetero) is 1. The Balaban J connectivity index is 3.09. The molecule has 0 radical (unpaired) electrons. The van der Waals surface area contributed by atoms with E-state index in [1.165, 1.54) is 0 Å². The number of alkyl halides is 7. The molecule has 1 rings (SSSR count). The van der Waals surface area contributed by atoms with Gasteiger partial charge in [-0.3, -0.25) is 4.79 Å². The maximum atomic E-state index is 12.8. The first kappa shape index (κ1) is 19.0. The van der Waals surface area contributed by atoms with E-state index in [0.717, 1.165) is 6.42 Å². The highest BCUT2D eigenvalue weighted by molar-refractivity contribution is 9.09. The first-order valence-corrected chi connectivity index (χ1v) is 7.57. The average Bonchev–Trinajstić information content (AvgIpc) is 2.40. The van der Waals surface area contributed by atoms with Crippen molar-refractivity contribution in [2.75, 3.05) is 5.33 Å². The van der Waals surface area contributed by atoms with Gasteiger partial charge in [-0.05, 0) is 31.0 Å². The van der Waals surface area contributed by atoms with Crippen LogP contribution >= 0.6 is 15.9 Å². The molecular weight excluding hydrogens is 378 g/mol. The van der Waals surface area contributed by atoms with Gasteiger partial charge in [0.1, 0.15) is 0 Å². The maximum Gasteiger partial charge on any atom is 0.417 e. The number of hydrogen-bond acceptors (Lipinski definition) is 1. The van der Waals surface area contributed by atoms with E-state index < -0.39 is 34.8 Å². The molecule has 124 valence electrons. The van der Waals surface area contributed by atoms with Crippen LogP contribution in [-0.2, 0) is 12.4 Å². The minimum absolute atomic E-state index is 0.211. The summed E-state index contributed by atoms with van der Waals surface area (Å²) in [6.45, 7) is 0. The zero-order valence-corrected chi connectivity index (χ0v) is 12.9. The summed E-state index contributed by atoms with van der Waals surface area (Å²) in [6.07, 6.45) is -8.20. The highest BCUT2D eigenvalue weighted by atomic mass is 79.9. The summed E-state index contributed by atoms with van der Waals surface area (Å²) in [5.41, 5.74) is -3.50. The van der Waals surface area contributed by atoms with Gasteiger partial charge >= 0.3 is 12.4 Å². The van der Waals surface area contributed by atoms with Gasteiger partial charge < -0.3 is 0 Å². The molecule has 0 N–H and O–H groups in total. The van der Waals surface area contributed by atoms with E-state index in [2.05, 4.69) is 15.9 Å². The largest absolute Gasteiger partial charge is 0.417 e. The zero-order chi connectivity index (χ0) is 17.0. The van der Waals surface area contributed by atoms with Crippen molar-refractivity contribution in [1.29, 1.82) is 0 Å². The van der Waals surface area contributed by atoms with Crippen LogP contribution in [0.4, 0.5) is 26.3 Å². The van der Waals surface area contributed by atoms with Crippen molar-refractivity contribution in [3.63, 3.8) is 0 Å². The molecule has 8 heteroatoms. The van der Waals surface area contributed by atoms with Crippen LogP contribution in [-0.4, -0.2) is 11.1 Å². The van der Waals surface area contributed by atoms with E-state index in [9.17, 15) is 31.1 Å². The second-order valence-electron chi connectivity index (χ2n) is 4.68. The summed E-state index contributed by atoms with van der Waals surface area (Å²) in [4.78, 5) is 11.9. The molecule has 0 saturated heterocycles. The Morgan fingerprint density at radius 3 is 2.09 bits per heavy atom. The quantitative estimate of drug-likeness (QED) is 0.257. The van der Waals surface area contributed by atoms with Crippen LogP contribution < -0.4 is 0 Å². The number of hydrogen-bond donors (Lipinski definition) is 0. The second-order valence-corrected chi connectivity index (χ2v) is 5.47. The fourth-order valence-corrected chi connectivity index (χ4v) is 2.29. The summed E-state index contributed by atoms with van der Waals surface area (Å²) < 4.78 is 76.4. The topological polar surface area (TPSA) is 17.1 Å². The predicted molar refractivity (Wildman–Crippen MR) is 73.0 cm³/mol. The highest BCUT2D eigenvalue weighted by Gasteiger charge is 2.38. The molecular formula is C14H13BrF6O. The Bertz CT molecular complexity index is 521. The molecule has 1 aromatic rings. The number of carbonyl (C=O) groups excluding carboxylic acids is 1. The maximum absolute atomic E-state index is 12.8. The van der Waals surface area contributed by atoms with Crippen molar-refractivity contribution in [1.82, 2.24) is 0 Å². The monoisotopic (exact) mass is 390 g/mol. The normalized spacial score (nSPS) is 12.5. The van der Waals surface area contributed by atoms with Gasteiger partial charge in [-0.1, -0.05) is 22.4 Å². The molecule has 0 aliphatic heterocycles. The summed E-state index contributed by atoms with van der Waals surface area (Å²) in [5, 5.41) is 0.693. The van der Waals surface area contributed by atoms with Crippen molar-refractivity contribution in [3.8, 4) is 0 Å². The lowest BCUT2D eigenvalue weighted by Crippen LogP contribution is -2.16. The van der Waals surface area contributed by atoms with Gasteiger partial charge in [0.05, 0.1) is 11.1 Å². The second kappa shape index (κ2) is 7.48. The van der Waals surface area contributed by atoms with Crippen LogP contribution in [0.15, 0.2) is 18.2 Å². The fraction of sp³-hybridized carbons (Fsp3) is 0.500. The van der Waals surface area contributed by atoms with E-state index in [1.54, 1.807) is 0 Å². The van der Waals surface area contributed by atoms with E-state index in [0.29, 0.717) is 30.3 Å². The standard InChI is InChI=1S/C14H13BrF6O/c15-7-3-1-2-4-12(22)10-8-9(13(16,17)18)5-6-11(10)14(19,20)21/h5-6,8H,1-4,7H2.